The minimum atomic E-state index is -1.10. The molecule has 2 amide bonds. The summed E-state index contributed by atoms with van der Waals surface area (Å²) in [7, 11) is 0. The lowest BCUT2D eigenvalue weighted by molar-refractivity contribution is -0.140. The molecule has 0 spiro atoms. The summed E-state index contributed by atoms with van der Waals surface area (Å²) < 4.78 is 1.59. The molecule has 3 aromatic carbocycles. The van der Waals surface area contributed by atoms with Gasteiger partial charge in [-0.05, 0) is 52.4 Å². The molecular formula is C30H29N3O5. The van der Waals surface area contributed by atoms with Crippen molar-refractivity contribution in [3.05, 3.63) is 108 Å². The van der Waals surface area contributed by atoms with Crippen molar-refractivity contribution in [1.82, 2.24) is 9.88 Å². The van der Waals surface area contributed by atoms with Crippen LogP contribution in [0.5, 0.6) is 0 Å². The Morgan fingerprint density at radius 3 is 1.95 bits per heavy atom. The van der Waals surface area contributed by atoms with Crippen LogP contribution in [-0.2, 0) is 16.0 Å². The number of nitrogens with zero attached hydrogens (tertiary/aromatic N) is 1. The molecule has 194 valence electrons. The minimum Gasteiger partial charge on any atom is -0.481 e. The number of amides is 2. The summed E-state index contributed by atoms with van der Waals surface area (Å²) in [5, 5.41) is 22.1. The van der Waals surface area contributed by atoms with Crippen LogP contribution >= 0.6 is 0 Å². The molecule has 0 aliphatic heterocycles. The van der Waals surface area contributed by atoms with Crippen molar-refractivity contribution in [2.45, 2.75) is 24.9 Å². The molecule has 1 aromatic heterocycles. The summed E-state index contributed by atoms with van der Waals surface area (Å²) in [5.41, 5.74) is 10.3. The van der Waals surface area contributed by atoms with Gasteiger partial charge in [-0.1, -0.05) is 66.7 Å². The maximum absolute atomic E-state index is 13.1. The normalized spacial score (nSPS) is 12.4. The lowest BCUT2D eigenvalue weighted by Gasteiger charge is -2.22. The Morgan fingerprint density at radius 1 is 0.816 bits per heavy atom. The average molecular weight is 512 g/mol. The van der Waals surface area contributed by atoms with E-state index < -0.39 is 36.3 Å². The molecule has 8 heteroatoms. The molecule has 0 radical (unpaired) electrons. The van der Waals surface area contributed by atoms with E-state index in [1.165, 1.54) is 0 Å². The van der Waals surface area contributed by atoms with Gasteiger partial charge >= 0.3 is 5.97 Å². The monoisotopic (exact) mass is 511 g/mol. The van der Waals surface area contributed by atoms with Gasteiger partial charge < -0.3 is 25.8 Å². The number of carboxylic acids is 1. The summed E-state index contributed by atoms with van der Waals surface area (Å²) in [6, 6.07) is 24.6. The first-order valence-corrected chi connectivity index (χ1v) is 12.2. The number of nitrogens with two attached hydrogens (primary N) is 1. The fraction of sp³-hybridized carbons (Fsp3) is 0.167. The molecule has 2 atom stereocenters. The predicted octanol–water partition coefficient (Wildman–Crippen LogP) is 3.66. The number of hydrogen-bond acceptors (Lipinski definition) is 4. The van der Waals surface area contributed by atoms with Gasteiger partial charge in [-0.25, -0.2) is 0 Å². The lowest BCUT2D eigenvalue weighted by Crippen LogP contribution is -2.43. The number of carboxylic acid groups (broad SMARTS) is 1. The number of primary amides is 1. The molecule has 0 bridgehead atoms. The number of aromatic nitrogens is 1. The Morgan fingerprint density at radius 2 is 1.39 bits per heavy atom. The molecule has 8 nitrogen and oxygen atoms in total. The Labute approximate surface area is 220 Å². The van der Waals surface area contributed by atoms with Crippen LogP contribution in [0.15, 0.2) is 97.3 Å². The van der Waals surface area contributed by atoms with Gasteiger partial charge in [0.05, 0.1) is 19.1 Å². The van der Waals surface area contributed by atoms with Gasteiger partial charge in [0.15, 0.2) is 0 Å². The van der Waals surface area contributed by atoms with Crippen molar-refractivity contribution < 1.29 is 24.6 Å². The number of aliphatic hydroxyl groups excluding tert-OH is 1. The fourth-order valence-electron chi connectivity index (χ4n) is 4.32. The van der Waals surface area contributed by atoms with Gasteiger partial charge in [-0.3, -0.25) is 14.4 Å². The molecule has 1 heterocycles. The van der Waals surface area contributed by atoms with Crippen LogP contribution in [0.4, 0.5) is 0 Å². The third-order valence-electron chi connectivity index (χ3n) is 6.36. The van der Waals surface area contributed by atoms with Crippen molar-refractivity contribution >= 4 is 17.8 Å². The Balaban J connectivity index is 1.49. The summed E-state index contributed by atoms with van der Waals surface area (Å²) in [4.78, 5) is 36.0. The largest absolute Gasteiger partial charge is 0.481 e. The van der Waals surface area contributed by atoms with E-state index in [0.717, 1.165) is 27.8 Å². The molecular weight excluding hydrogens is 482 g/mol. The molecule has 0 aliphatic carbocycles. The van der Waals surface area contributed by atoms with E-state index in [9.17, 15) is 24.6 Å². The van der Waals surface area contributed by atoms with Gasteiger partial charge in [0.1, 0.15) is 6.04 Å². The van der Waals surface area contributed by atoms with Crippen molar-refractivity contribution in [3.63, 3.8) is 0 Å². The molecule has 4 aromatic rings. The summed E-state index contributed by atoms with van der Waals surface area (Å²) in [6.45, 7) is -0.269. The van der Waals surface area contributed by atoms with E-state index in [0.29, 0.717) is 12.0 Å². The maximum Gasteiger partial charge on any atom is 0.306 e. The summed E-state index contributed by atoms with van der Waals surface area (Å²) >= 11 is 0. The number of aliphatic carboxylic acids is 1. The zero-order chi connectivity index (χ0) is 27.1. The number of carbonyl (C=O) groups excluding carboxylic acids is 2. The van der Waals surface area contributed by atoms with Crippen molar-refractivity contribution in [1.29, 1.82) is 0 Å². The van der Waals surface area contributed by atoms with Crippen LogP contribution in [0, 0.1) is 0 Å². The van der Waals surface area contributed by atoms with E-state index in [1.54, 1.807) is 29.1 Å². The second kappa shape index (κ2) is 12.0. The van der Waals surface area contributed by atoms with Crippen LogP contribution < -0.4 is 11.1 Å². The van der Waals surface area contributed by atoms with Crippen molar-refractivity contribution in [2.24, 2.45) is 5.73 Å². The van der Waals surface area contributed by atoms with E-state index in [2.05, 4.69) is 5.32 Å². The standard InChI is InChI=1S/C30H29N3O5/c31-29(37)24-12-10-22(11-13-24)21-6-8-23(9-7-21)25-14-15-33(18-25)27(17-28(35)36)30(38)32-26(19-34)16-20-4-2-1-3-5-20/h1-15,18,26-27,34H,16-17,19H2,(H2,31,37)(H,32,38)(H,35,36). The van der Waals surface area contributed by atoms with Crippen molar-refractivity contribution in [3.8, 4) is 22.3 Å². The van der Waals surface area contributed by atoms with Crippen LogP contribution in [0.3, 0.4) is 0 Å². The molecule has 0 saturated carbocycles. The lowest BCUT2D eigenvalue weighted by atomic mass is 10.0. The number of carbonyl (C=O) groups is 3. The van der Waals surface area contributed by atoms with Crippen LogP contribution in [0.1, 0.15) is 28.4 Å². The predicted molar refractivity (Wildman–Crippen MR) is 144 cm³/mol. The molecule has 0 fully saturated rings. The first-order chi connectivity index (χ1) is 18.3. The van der Waals surface area contributed by atoms with Crippen LogP contribution in [0.25, 0.3) is 22.3 Å². The maximum atomic E-state index is 13.1. The summed E-state index contributed by atoms with van der Waals surface area (Å²) in [5.74, 6) is -2.05. The Kier molecular flexibility index (Phi) is 8.35. The van der Waals surface area contributed by atoms with E-state index in [-0.39, 0.29) is 6.61 Å². The first-order valence-electron chi connectivity index (χ1n) is 12.2. The highest BCUT2D eigenvalue weighted by Gasteiger charge is 2.25. The van der Waals surface area contributed by atoms with E-state index >= 15 is 0 Å². The van der Waals surface area contributed by atoms with Crippen LogP contribution in [-0.4, -0.2) is 45.2 Å². The topological polar surface area (TPSA) is 135 Å². The Hall–Kier alpha value is -4.69. The van der Waals surface area contributed by atoms with Crippen molar-refractivity contribution in [2.75, 3.05) is 6.61 Å². The SMILES string of the molecule is NC(=O)c1ccc(-c2ccc(-c3ccn(C(CC(=O)O)C(=O)NC(CO)Cc4ccccc4)c3)cc2)cc1. The first kappa shape index (κ1) is 26.4. The zero-order valence-electron chi connectivity index (χ0n) is 20.7. The number of rotatable bonds is 11. The highest BCUT2D eigenvalue weighted by molar-refractivity contribution is 5.93. The molecule has 0 saturated heterocycles. The van der Waals surface area contributed by atoms with Gasteiger partial charge in [0.2, 0.25) is 11.8 Å². The third kappa shape index (κ3) is 6.54. The molecule has 0 aliphatic rings. The second-order valence-electron chi connectivity index (χ2n) is 9.06. The number of aliphatic hydroxyl groups is 1. The fourth-order valence-corrected chi connectivity index (χ4v) is 4.32. The molecule has 38 heavy (non-hydrogen) atoms. The zero-order valence-corrected chi connectivity index (χ0v) is 20.7. The highest BCUT2D eigenvalue weighted by Crippen LogP contribution is 2.27. The molecule has 2 unspecified atom stereocenters. The summed E-state index contributed by atoms with van der Waals surface area (Å²) in [6.07, 6.45) is 3.46. The van der Waals surface area contributed by atoms with Gasteiger partial charge in [-0.15, -0.1) is 0 Å². The van der Waals surface area contributed by atoms with Crippen LogP contribution in [0.2, 0.25) is 0 Å². The average Bonchev–Trinajstić information content (AvgIpc) is 3.42. The number of benzene rings is 3. The number of nitrogens with one attached hydrogen (secondary N) is 1. The number of hydrogen-bond donors (Lipinski definition) is 4. The minimum absolute atomic E-state index is 0.269. The van der Waals surface area contributed by atoms with Gasteiger partial charge in [-0.2, -0.15) is 0 Å². The van der Waals surface area contributed by atoms with Gasteiger partial charge in [0, 0.05) is 18.0 Å². The molecule has 4 rings (SSSR count). The second-order valence-corrected chi connectivity index (χ2v) is 9.06. The quantitative estimate of drug-likeness (QED) is 0.244. The highest BCUT2D eigenvalue weighted by atomic mass is 16.4. The van der Waals surface area contributed by atoms with E-state index in [1.807, 2.05) is 72.8 Å². The smallest absolute Gasteiger partial charge is 0.306 e. The third-order valence-corrected chi connectivity index (χ3v) is 6.36. The van der Waals surface area contributed by atoms with E-state index in [4.69, 9.17) is 5.73 Å². The van der Waals surface area contributed by atoms with Gasteiger partial charge in [0.25, 0.3) is 0 Å². The molecule has 5 N–H and O–H groups in total. The Bertz CT molecular complexity index is 1400.